The SMILES string of the molecule is O=C(C1CCN(S(=O)(=O)c2cccs2)CC1)N1CC2CC(C1)c1cccc(=O)n1C2. The minimum Gasteiger partial charge on any atom is -0.341 e. The van der Waals surface area contributed by atoms with E-state index in [1.54, 1.807) is 29.6 Å². The van der Waals surface area contributed by atoms with Gasteiger partial charge in [-0.1, -0.05) is 12.1 Å². The third kappa shape index (κ3) is 3.42. The number of sulfonamides is 1. The Kier molecular flexibility index (Phi) is 5.07. The molecular formula is C21H25N3O4S2. The number of hydrogen-bond acceptors (Lipinski definition) is 5. The molecule has 3 aliphatic rings. The van der Waals surface area contributed by atoms with E-state index in [1.165, 1.54) is 15.6 Å². The molecule has 160 valence electrons. The van der Waals surface area contributed by atoms with Crippen LogP contribution in [0.25, 0.3) is 0 Å². The van der Waals surface area contributed by atoms with E-state index in [9.17, 15) is 18.0 Å². The molecule has 0 N–H and O–H groups in total. The van der Waals surface area contributed by atoms with Gasteiger partial charge >= 0.3 is 0 Å². The average Bonchev–Trinajstić information content (AvgIpc) is 3.30. The van der Waals surface area contributed by atoms with Crippen molar-refractivity contribution in [3.63, 3.8) is 0 Å². The summed E-state index contributed by atoms with van der Waals surface area (Å²) in [6, 6.07) is 8.79. The zero-order valence-electron chi connectivity index (χ0n) is 16.6. The van der Waals surface area contributed by atoms with Crippen LogP contribution in [0.5, 0.6) is 0 Å². The summed E-state index contributed by atoms with van der Waals surface area (Å²) in [5, 5.41) is 1.77. The average molecular weight is 448 g/mol. The van der Waals surface area contributed by atoms with Crippen LogP contribution in [0.2, 0.25) is 0 Å². The summed E-state index contributed by atoms with van der Waals surface area (Å²) in [6.45, 7) is 2.77. The lowest BCUT2D eigenvalue weighted by Gasteiger charge is -2.44. The maximum absolute atomic E-state index is 13.2. The minimum atomic E-state index is -3.45. The second-order valence-corrected chi connectivity index (χ2v) is 11.7. The van der Waals surface area contributed by atoms with Crippen LogP contribution in [0.1, 0.15) is 30.9 Å². The molecule has 0 saturated carbocycles. The van der Waals surface area contributed by atoms with Crippen molar-refractivity contribution in [3.8, 4) is 0 Å². The van der Waals surface area contributed by atoms with Crippen molar-refractivity contribution in [2.45, 2.75) is 35.9 Å². The third-order valence-corrected chi connectivity index (χ3v) is 9.96. The van der Waals surface area contributed by atoms with Crippen molar-refractivity contribution in [1.82, 2.24) is 13.8 Å². The van der Waals surface area contributed by atoms with Gasteiger partial charge in [-0.25, -0.2) is 8.42 Å². The molecule has 2 aromatic heterocycles. The number of pyridine rings is 1. The van der Waals surface area contributed by atoms with E-state index in [4.69, 9.17) is 0 Å². The van der Waals surface area contributed by atoms with Crippen molar-refractivity contribution in [2.24, 2.45) is 11.8 Å². The van der Waals surface area contributed by atoms with Crippen LogP contribution in [0.15, 0.2) is 44.7 Å². The predicted octanol–water partition coefficient (Wildman–Crippen LogP) is 1.96. The van der Waals surface area contributed by atoms with Crippen molar-refractivity contribution in [3.05, 3.63) is 51.8 Å². The van der Waals surface area contributed by atoms with Crippen LogP contribution in [0.4, 0.5) is 0 Å². The van der Waals surface area contributed by atoms with Gasteiger partial charge in [-0.3, -0.25) is 9.59 Å². The summed E-state index contributed by atoms with van der Waals surface area (Å²) >= 11 is 1.23. The Bertz CT molecular complexity index is 1100. The summed E-state index contributed by atoms with van der Waals surface area (Å²) in [7, 11) is -3.45. The molecule has 1 amide bonds. The highest BCUT2D eigenvalue weighted by atomic mass is 32.2. The molecule has 2 unspecified atom stereocenters. The molecule has 0 aliphatic carbocycles. The zero-order valence-corrected chi connectivity index (χ0v) is 18.3. The number of fused-ring (bicyclic) bond motifs is 4. The van der Waals surface area contributed by atoms with Crippen LogP contribution >= 0.6 is 11.3 Å². The fraction of sp³-hybridized carbons (Fsp3) is 0.524. The molecular weight excluding hydrogens is 422 g/mol. The van der Waals surface area contributed by atoms with Crippen LogP contribution in [0.3, 0.4) is 0 Å². The van der Waals surface area contributed by atoms with Crippen LogP contribution in [-0.2, 0) is 21.4 Å². The molecule has 30 heavy (non-hydrogen) atoms. The van der Waals surface area contributed by atoms with E-state index in [-0.39, 0.29) is 23.3 Å². The highest BCUT2D eigenvalue weighted by Crippen LogP contribution is 2.36. The minimum absolute atomic E-state index is 0.0429. The molecule has 0 aromatic carbocycles. The second-order valence-electron chi connectivity index (χ2n) is 8.55. The van der Waals surface area contributed by atoms with Gasteiger partial charge in [0, 0.05) is 56.3 Å². The van der Waals surface area contributed by atoms with Crippen LogP contribution in [0, 0.1) is 11.8 Å². The maximum Gasteiger partial charge on any atom is 0.252 e. The van der Waals surface area contributed by atoms with Gasteiger partial charge < -0.3 is 9.47 Å². The van der Waals surface area contributed by atoms with Gasteiger partial charge in [0.05, 0.1) is 0 Å². The van der Waals surface area contributed by atoms with E-state index >= 15 is 0 Å². The summed E-state index contributed by atoms with van der Waals surface area (Å²) in [5.74, 6) is 0.524. The lowest BCUT2D eigenvalue weighted by Crippen LogP contribution is -2.52. The molecule has 2 saturated heterocycles. The molecule has 9 heteroatoms. The monoisotopic (exact) mass is 447 g/mol. The quantitative estimate of drug-likeness (QED) is 0.721. The highest BCUT2D eigenvalue weighted by Gasteiger charge is 2.39. The number of rotatable bonds is 3. The van der Waals surface area contributed by atoms with Gasteiger partial charge in [0.15, 0.2) is 0 Å². The molecule has 2 bridgehead atoms. The Morgan fingerprint density at radius 1 is 1.03 bits per heavy atom. The van der Waals surface area contributed by atoms with Crippen molar-refractivity contribution in [1.29, 1.82) is 0 Å². The Labute approximate surface area is 180 Å². The first-order valence-corrected chi connectivity index (χ1v) is 12.8. The lowest BCUT2D eigenvalue weighted by molar-refractivity contribution is -0.139. The smallest absolute Gasteiger partial charge is 0.252 e. The number of nitrogens with zero attached hydrogens (tertiary/aromatic N) is 3. The third-order valence-electron chi connectivity index (χ3n) is 6.68. The predicted molar refractivity (Wildman–Crippen MR) is 114 cm³/mol. The van der Waals surface area contributed by atoms with Crippen LogP contribution < -0.4 is 5.56 Å². The van der Waals surface area contributed by atoms with Gasteiger partial charge in [-0.2, -0.15) is 4.31 Å². The number of carbonyl (C=O) groups is 1. The fourth-order valence-electron chi connectivity index (χ4n) is 5.22. The van der Waals surface area contributed by atoms with Crippen molar-refractivity contribution < 1.29 is 13.2 Å². The van der Waals surface area contributed by atoms with E-state index in [0.29, 0.717) is 55.7 Å². The van der Waals surface area contributed by atoms with Crippen LogP contribution in [-0.4, -0.2) is 54.3 Å². The summed E-state index contributed by atoms with van der Waals surface area (Å²) in [4.78, 5) is 27.4. The zero-order chi connectivity index (χ0) is 20.9. The largest absolute Gasteiger partial charge is 0.341 e. The maximum atomic E-state index is 13.2. The molecule has 5 rings (SSSR count). The Hall–Kier alpha value is -1.97. The number of likely N-dealkylation sites (tertiary alicyclic amines) is 1. The van der Waals surface area contributed by atoms with Gasteiger partial charge in [0.2, 0.25) is 5.91 Å². The Morgan fingerprint density at radius 2 is 1.83 bits per heavy atom. The van der Waals surface area contributed by atoms with Crippen molar-refractivity contribution in [2.75, 3.05) is 26.2 Å². The Morgan fingerprint density at radius 3 is 2.57 bits per heavy atom. The number of piperidine rings is 2. The normalized spacial score (nSPS) is 25.1. The lowest BCUT2D eigenvalue weighted by atomic mass is 9.82. The second kappa shape index (κ2) is 7.62. The van der Waals surface area contributed by atoms with Gasteiger partial charge in [-0.05, 0) is 42.7 Å². The first-order valence-electron chi connectivity index (χ1n) is 10.5. The van der Waals surface area contributed by atoms with E-state index in [1.807, 2.05) is 15.5 Å². The molecule has 5 heterocycles. The number of amides is 1. The number of carbonyl (C=O) groups excluding carboxylic acids is 1. The topological polar surface area (TPSA) is 79.7 Å². The van der Waals surface area contributed by atoms with Crippen molar-refractivity contribution >= 4 is 27.3 Å². The number of hydrogen-bond donors (Lipinski definition) is 0. The van der Waals surface area contributed by atoms with Gasteiger partial charge in [-0.15, -0.1) is 11.3 Å². The first-order chi connectivity index (χ1) is 14.4. The first kappa shape index (κ1) is 20.0. The fourth-order valence-corrected chi connectivity index (χ4v) is 7.83. The molecule has 0 radical (unpaired) electrons. The molecule has 3 aliphatic heterocycles. The number of aromatic nitrogens is 1. The summed E-state index contributed by atoms with van der Waals surface area (Å²) in [6.07, 6.45) is 2.14. The Balaban J connectivity index is 1.26. The molecule has 7 nitrogen and oxygen atoms in total. The van der Waals surface area contributed by atoms with E-state index < -0.39 is 10.0 Å². The molecule has 0 spiro atoms. The molecule has 2 aromatic rings. The highest BCUT2D eigenvalue weighted by molar-refractivity contribution is 7.91. The van der Waals surface area contributed by atoms with E-state index in [2.05, 4.69) is 0 Å². The number of thiophene rings is 1. The van der Waals surface area contributed by atoms with Gasteiger partial charge in [0.25, 0.3) is 15.6 Å². The molecule has 2 atom stereocenters. The molecule has 2 fully saturated rings. The summed E-state index contributed by atoms with van der Waals surface area (Å²) < 4.78 is 29.2. The van der Waals surface area contributed by atoms with E-state index in [0.717, 1.165) is 12.1 Å². The van der Waals surface area contributed by atoms with Gasteiger partial charge in [0.1, 0.15) is 4.21 Å². The summed E-state index contributed by atoms with van der Waals surface area (Å²) in [5.41, 5.74) is 1.08. The standard InChI is InChI=1S/C21H25N3O4S2/c25-19-4-1-3-18-17-11-15(13-24(18)19)12-22(14-17)21(26)16-6-8-23(9-7-16)30(27,28)20-5-2-10-29-20/h1-5,10,15-17H,6-9,11-14H2.